The molecule has 1 aliphatic heterocycles. The molecule has 1 fully saturated rings. The summed E-state index contributed by atoms with van der Waals surface area (Å²) in [6, 6.07) is 10.6. The van der Waals surface area contributed by atoms with Crippen molar-refractivity contribution in [3.05, 3.63) is 42.0 Å². The summed E-state index contributed by atoms with van der Waals surface area (Å²) in [5.74, 6) is -1.17. The predicted octanol–water partition coefficient (Wildman–Crippen LogP) is 1.60. The molecule has 2 aromatic rings. The number of amides is 1. The van der Waals surface area contributed by atoms with E-state index < -0.39 is 5.97 Å². The summed E-state index contributed by atoms with van der Waals surface area (Å²) in [5.41, 5.74) is 6.34. The maximum atomic E-state index is 11.9. The number of hydrogen-bond acceptors (Lipinski definition) is 3. The van der Waals surface area contributed by atoms with E-state index in [9.17, 15) is 14.7 Å². The molecule has 1 saturated heterocycles. The molecule has 0 bridgehead atoms. The third kappa shape index (κ3) is 2.02. The van der Waals surface area contributed by atoms with Crippen LogP contribution in [0.2, 0.25) is 0 Å². The number of carboxylic acid groups (broad SMARTS) is 1. The molecule has 0 spiro atoms. The first-order chi connectivity index (χ1) is 9.56. The number of benzene rings is 2. The van der Waals surface area contributed by atoms with E-state index in [1.807, 2.05) is 24.3 Å². The first-order valence-electron chi connectivity index (χ1n) is 6.38. The summed E-state index contributed by atoms with van der Waals surface area (Å²) >= 11 is 0. The van der Waals surface area contributed by atoms with Crippen molar-refractivity contribution < 1.29 is 14.7 Å². The van der Waals surface area contributed by atoms with Gasteiger partial charge in [0.05, 0.1) is 11.3 Å². The summed E-state index contributed by atoms with van der Waals surface area (Å²) in [7, 11) is 0. The predicted molar refractivity (Wildman–Crippen MR) is 75.9 cm³/mol. The zero-order valence-corrected chi connectivity index (χ0v) is 10.7. The number of aromatic carboxylic acids is 1. The quantitative estimate of drug-likeness (QED) is 0.868. The SMILES string of the molecule is NC1CC(=O)N(c2cc3ccccc3cc2C(=O)O)C1. The molecule has 0 aromatic heterocycles. The lowest BCUT2D eigenvalue weighted by molar-refractivity contribution is -0.117. The minimum atomic E-state index is -1.04. The van der Waals surface area contributed by atoms with E-state index in [2.05, 4.69) is 0 Å². The van der Waals surface area contributed by atoms with Gasteiger partial charge in [-0.25, -0.2) is 4.79 Å². The van der Waals surface area contributed by atoms with Crippen LogP contribution in [-0.4, -0.2) is 29.6 Å². The number of hydrogen-bond donors (Lipinski definition) is 2. The molecular weight excluding hydrogens is 256 g/mol. The molecule has 3 N–H and O–H groups in total. The van der Waals surface area contributed by atoms with Gasteiger partial charge >= 0.3 is 5.97 Å². The summed E-state index contributed by atoms with van der Waals surface area (Å²) < 4.78 is 0. The monoisotopic (exact) mass is 270 g/mol. The van der Waals surface area contributed by atoms with Crippen LogP contribution in [0.1, 0.15) is 16.8 Å². The van der Waals surface area contributed by atoms with Crippen molar-refractivity contribution in [3.8, 4) is 0 Å². The zero-order valence-electron chi connectivity index (χ0n) is 10.7. The Labute approximate surface area is 115 Å². The number of carbonyl (C=O) groups excluding carboxylic acids is 1. The van der Waals surface area contributed by atoms with Crippen LogP contribution in [0.5, 0.6) is 0 Å². The van der Waals surface area contributed by atoms with Crippen molar-refractivity contribution in [2.45, 2.75) is 12.5 Å². The molecule has 5 nitrogen and oxygen atoms in total. The summed E-state index contributed by atoms with van der Waals surface area (Å²) in [4.78, 5) is 24.9. The number of carbonyl (C=O) groups is 2. The Kier molecular flexibility index (Phi) is 2.91. The van der Waals surface area contributed by atoms with Crippen LogP contribution >= 0.6 is 0 Å². The average molecular weight is 270 g/mol. The van der Waals surface area contributed by atoms with Crippen LogP contribution in [-0.2, 0) is 4.79 Å². The van der Waals surface area contributed by atoms with Gasteiger partial charge < -0.3 is 15.7 Å². The van der Waals surface area contributed by atoms with Crippen LogP contribution in [0.15, 0.2) is 36.4 Å². The van der Waals surface area contributed by atoms with E-state index in [-0.39, 0.29) is 23.9 Å². The number of anilines is 1. The molecule has 1 heterocycles. The molecule has 2 aromatic carbocycles. The number of rotatable bonds is 2. The van der Waals surface area contributed by atoms with Crippen molar-refractivity contribution in [2.75, 3.05) is 11.4 Å². The van der Waals surface area contributed by atoms with Crippen LogP contribution in [0.4, 0.5) is 5.69 Å². The molecule has 0 aliphatic carbocycles. The summed E-state index contributed by atoms with van der Waals surface area (Å²) in [6.45, 7) is 0.359. The Morgan fingerprint density at radius 3 is 2.45 bits per heavy atom. The van der Waals surface area contributed by atoms with Gasteiger partial charge in [-0.1, -0.05) is 24.3 Å². The highest BCUT2D eigenvalue weighted by Gasteiger charge is 2.30. The third-order valence-electron chi connectivity index (χ3n) is 3.54. The molecular formula is C15H14N2O3. The first-order valence-corrected chi connectivity index (χ1v) is 6.38. The lowest BCUT2D eigenvalue weighted by Gasteiger charge is -2.19. The van der Waals surface area contributed by atoms with Crippen molar-refractivity contribution in [1.82, 2.24) is 0 Å². The van der Waals surface area contributed by atoms with Crippen molar-refractivity contribution in [2.24, 2.45) is 5.73 Å². The molecule has 3 rings (SSSR count). The smallest absolute Gasteiger partial charge is 0.337 e. The maximum absolute atomic E-state index is 11.9. The largest absolute Gasteiger partial charge is 0.478 e. The second-order valence-electron chi connectivity index (χ2n) is 4.99. The van der Waals surface area contributed by atoms with E-state index in [0.717, 1.165) is 10.8 Å². The molecule has 0 saturated carbocycles. The third-order valence-corrected chi connectivity index (χ3v) is 3.54. The average Bonchev–Trinajstić information content (AvgIpc) is 2.76. The second kappa shape index (κ2) is 4.61. The lowest BCUT2D eigenvalue weighted by atomic mass is 10.0. The van der Waals surface area contributed by atoms with Gasteiger partial charge in [-0.3, -0.25) is 4.79 Å². The summed E-state index contributed by atoms with van der Waals surface area (Å²) in [5, 5.41) is 11.1. The minimum absolute atomic E-state index is 0.129. The molecule has 20 heavy (non-hydrogen) atoms. The fourth-order valence-corrected chi connectivity index (χ4v) is 2.59. The number of nitrogens with zero attached hydrogens (tertiary/aromatic N) is 1. The van der Waals surface area contributed by atoms with Crippen molar-refractivity contribution in [1.29, 1.82) is 0 Å². The van der Waals surface area contributed by atoms with Gasteiger partial charge in [0.2, 0.25) is 5.91 Å². The molecule has 1 amide bonds. The van der Waals surface area contributed by atoms with Crippen molar-refractivity contribution in [3.63, 3.8) is 0 Å². The maximum Gasteiger partial charge on any atom is 0.337 e. The Bertz CT molecular complexity index is 711. The standard InChI is InChI=1S/C15H14N2O3/c16-11-7-14(18)17(8-11)13-6-10-4-2-1-3-9(10)5-12(13)15(19)20/h1-6,11H,7-8,16H2,(H,19,20). The van der Waals surface area contributed by atoms with Crippen LogP contribution in [0, 0.1) is 0 Å². The molecule has 5 heteroatoms. The van der Waals surface area contributed by atoms with Gasteiger partial charge in [-0.2, -0.15) is 0 Å². The Hall–Kier alpha value is -2.40. The van der Waals surface area contributed by atoms with Crippen LogP contribution in [0.3, 0.4) is 0 Å². The molecule has 1 unspecified atom stereocenters. The molecule has 1 atom stereocenters. The van der Waals surface area contributed by atoms with Gasteiger partial charge in [-0.05, 0) is 22.9 Å². The second-order valence-corrected chi connectivity index (χ2v) is 4.99. The van der Waals surface area contributed by atoms with Gasteiger partial charge in [0.25, 0.3) is 0 Å². The molecule has 102 valence electrons. The van der Waals surface area contributed by atoms with Gasteiger partial charge in [0.1, 0.15) is 0 Å². The highest BCUT2D eigenvalue weighted by atomic mass is 16.4. The number of fused-ring (bicyclic) bond motifs is 1. The molecule has 0 radical (unpaired) electrons. The van der Waals surface area contributed by atoms with Crippen molar-refractivity contribution >= 4 is 28.3 Å². The van der Waals surface area contributed by atoms with E-state index in [1.165, 1.54) is 4.90 Å². The lowest BCUT2D eigenvalue weighted by Crippen LogP contribution is -2.29. The highest BCUT2D eigenvalue weighted by molar-refractivity contribution is 6.07. The Balaban J connectivity index is 2.20. The molecule has 1 aliphatic rings. The van der Waals surface area contributed by atoms with E-state index in [4.69, 9.17) is 5.73 Å². The van der Waals surface area contributed by atoms with Crippen LogP contribution < -0.4 is 10.6 Å². The Morgan fingerprint density at radius 2 is 1.90 bits per heavy atom. The van der Waals surface area contributed by atoms with Crippen LogP contribution in [0.25, 0.3) is 10.8 Å². The summed E-state index contributed by atoms with van der Waals surface area (Å²) in [6.07, 6.45) is 0.256. The van der Waals surface area contributed by atoms with Gasteiger partial charge in [0, 0.05) is 19.0 Å². The first kappa shape index (κ1) is 12.6. The number of carboxylic acids is 1. The Morgan fingerprint density at radius 1 is 1.25 bits per heavy atom. The van der Waals surface area contributed by atoms with E-state index in [1.54, 1.807) is 12.1 Å². The van der Waals surface area contributed by atoms with Gasteiger partial charge in [-0.15, -0.1) is 0 Å². The zero-order chi connectivity index (χ0) is 14.3. The number of nitrogens with two attached hydrogens (primary N) is 1. The van der Waals surface area contributed by atoms with E-state index >= 15 is 0 Å². The van der Waals surface area contributed by atoms with Gasteiger partial charge in [0.15, 0.2) is 0 Å². The topological polar surface area (TPSA) is 83.6 Å². The fraction of sp³-hybridized carbons (Fsp3) is 0.200. The normalized spacial score (nSPS) is 18.8. The minimum Gasteiger partial charge on any atom is -0.478 e. The van der Waals surface area contributed by atoms with E-state index in [0.29, 0.717) is 12.2 Å². The highest BCUT2D eigenvalue weighted by Crippen LogP contribution is 2.30. The fourth-order valence-electron chi connectivity index (χ4n) is 2.59.